The minimum Gasteiger partial charge on any atom is -0.461 e. The fourth-order valence-electron chi connectivity index (χ4n) is 3.63. The summed E-state index contributed by atoms with van der Waals surface area (Å²) in [7, 11) is 0. The van der Waals surface area contributed by atoms with Crippen LogP contribution in [0.15, 0.2) is 61.0 Å². The fourth-order valence-corrected chi connectivity index (χ4v) is 4.93. The van der Waals surface area contributed by atoms with Crippen molar-refractivity contribution in [1.29, 1.82) is 0 Å². The number of aryl methyl sites for hydroxylation is 2. The van der Waals surface area contributed by atoms with Gasteiger partial charge in [0.25, 0.3) is 0 Å². The fraction of sp³-hybridized carbons (Fsp3) is 0.190. The third kappa shape index (κ3) is 2.17. The zero-order valence-corrected chi connectivity index (χ0v) is 14.8. The Morgan fingerprint density at radius 2 is 1.76 bits per heavy atom. The highest BCUT2D eigenvalue weighted by Crippen LogP contribution is 2.47. The second-order valence-electron chi connectivity index (χ2n) is 6.55. The number of furan rings is 1. The zero-order chi connectivity index (χ0) is 17.1. The number of hydrogen-bond donors (Lipinski definition) is 0. The van der Waals surface area contributed by atoms with E-state index in [-0.39, 0.29) is 10.9 Å². The molecular formula is C21H16O3S. The molecule has 2 aromatic carbocycles. The van der Waals surface area contributed by atoms with Crippen molar-refractivity contribution in [3.63, 3.8) is 0 Å². The van der Waals surface area contributed by atoms with Gasteiger partial charge in [0.2, 0.25) is 0 Å². The second kappa shape index (κ2) is 5.27. The van der Waals surface area contributed by atoms with E-state index in [1.54, 1.807) is 11.8 Å². The minimum atomic E-state index is -0.245. The Bertz CT molecular complexity index is 1180. The SMILES string of the molecule is Cc1oc2cc3oc(=O)c4c(c3cc2c1C)CC(c1ccccc1)S4. The van der Waals surface area contributed by atoms with Crippen molar-refractivity contribution < 1.29 is 8.83 Å². The smallest absolute Gasteiger partial charge is 0.350 e. The molecule has 1 aliphatic heterocycles. The molecule has 0 amide bonds. The van der Waals surface area contributed by atoms with Gasteiger partial charge in [0.1, 0.15) is 16.9 Å². The van der Waals surface area contributed by atoms with Crippen molar-refractivity contribution in [3.8, 4) is 0 Å². The summed E-state index contributed by atoms with van der Waals surface area (Å²) in [5, 5.41) is 2.37. The summed E-state index contributed by atoms with van der Waals surface area (Å²) in [6, 6.07) is 14.3. The Morgan fingerprint density at radius 1 is 1.00 bits per heavy atom. The van der Waals surface area contributed by atoms with Crippen molar-refractivity contribution in [1.82, 2.24) is 0 Å². The highest BCUT2D eigenvalue weighted by Gasteiger charge is 2.29. The van der Waals surface area contributed by atoms with Crippen molar-refractivity contribution in [2.45, 2.75) is 30.4 Å². The molecule has 0 saturated carbocycles. The summed E-state index contributed by atoms with van der Waals surface area (Å²) in [5.41, 5.74) is 4.63. The number of benzene rings is 2. The summed E-state index contributed by atoms with van der Waals surface area (Å²) in [6.45, 7) is 4.02. The van der Waals surface area contributed by atoms with Crippen LogP contribution in [0.4, 0.5) is 0 Å². The topological polar surface area (TPSA) is 43.4 Å². The Balaban J connectivity index is 1.74. The van der Waals surface area contributed by atoms with Gasteiger partial charge in [-0.3, -0.25) is 0 Å². The van der Waals surface area contributed by atoms with E-state index in [0.29, 0.717) is 5.58 Å². The van der Waals surface area contributed by atoms with Crippen LogP contribution in [-0.4, -0.2) is 0 Å². The molecule has 1 atom stereocenters. The average Bonchev–Trinajstić information content (AvgIpc) is 3.18. The summed E-state index contributed by atoms with van der Waals surface area (Å²) < 4.78 is 11.4. The number of hydrogen-bond acceptors (Lipinski definition) is 4. The predicted octanol–water partition coefficient (Wildman–Crippen LogP) is 5.55. The van der Waals surface area contributed by atoms with Crippen LogP contribution < -0.4 is 5.63 Å². The van der Waals surface area contributed by atoms with Crippen molar-refractivity contribution >= 4 is 33.7 Å². The predicted molar refractivity (Wildman–Crippen MR) is 100 cm³/mol. The third-order valence-electron chi connectivity index (χ3n) is 5.09. The lowest BCUT2D eigenvalue weighted by atomic mass is 10.00. The first-order valence-electron chi connectivity index (χ1n) is 8.33. The summed E-state index contributed by atoms with van der Waals surface area (Å²) in [4.78, 5) is 13.2. The maximum absolute atomic E-state index is 12.5. The molecule has 3 nitrogen and oxygen atoms in total. The van der Waals surface area contributed by atoms with Gasteiger partial charge in [-0.1, -0.05) is 30.3 Å². The first-order valence-corrected chi connectivity index (χ1v) is 9.21. The standard InChI is InChI=1S/C21H16O3S/c1-11-12(2)23-17-10-18-15(8-14(11)17)16-9-19(13-6-4-3-5-7-13)25-20(16)21(22)24-18/h3-8,10,19H,9H2,1-2H3. The molecule has 4 aromatic rings. The molecule has 3 heterocycles. The van der Waals surface area contributed by atoms with Crippen molar-refractivity contribution in [2.75, 3.05) is 0 Å². The minimum absolute atomic E-state index is 0.245. The van der Waals surface area contributed by atoms with Gasteiger partial charge in [-0.25, -0.2) is 4.79 Å². The highest BCUT2D eigenvalue weighted by atomic mass is 32.2. The van der Waals surface area contributed by atoms with Crippen LogP contribution in [-0.2, 0) is 6.42 Å². The molecule has 0 spiro atoms. The molecule has 0 fully saturated rings. The van der Waals surface area contributed by atoms with Crippen LogP contribution >= 0.6 is 11.8 Å². The molecule has 5 rings (SSSR count). The van der Waals surface area contributed by atoms with Gasteiger partial charge in [-0.15, -0.1) is 11.8 Å². The molecule has 0 radical (unpaired) electrons. The third-order valence-corrected chi connectivity index (χ3v) is 6.46. The normalized spacial score (nSPS) is 16.6. The van der Waals surface area contributed by atoms with Gasteiger partial charge >= 0.3 is 5.63 Å². The number of rotatable bonds is 1. The first kappa shape index (κ1) is 14.8. The summed E-state index contributed by atoms with van der Waals surface area (Å²) in [5.74, 6) is 0.904. The quantitative estimate of drug-likeness (QED) is 0.423. The molecule has 0 aliphatic carbocycles. The van der Waals surface area contributed by atoms with Crippen LogP contribution in [0, 0.1) is 13.8 Å². The van der Waals surface area contributed by atoms with Gasteiger partial charge in [0, 0.05) is 22.1 Å². The van der Waals surface area contributed by atoms with Gasteiger partial charge in [0.15, 0.2) is 0 Å². The lowest BCUT2D eigenvalue weighted by Gasteiger charge is -2.07. The van der Waals surface area contributed by atoms with E-state index >= 15 is 0 Å². The molecule has 25 heavy (non-hydrogen) atoms. The van der Waals surface area contributed by atoms with Gasteiger partial charge < -0.3 is 8.83 Å². The molecule has 0 N–H and O–H groups in total. The van der Waals surface area contributed by atoms with Crippen LogP contribution in [0.2, 0.25) is 0 Å². The molecule has 0 saturated heterocycles. The van der Waals surface area contributed by atoms with Crippen molar-refractivity contribution in [3.05, 3.63) is 75.3 Å². The van der Waals surface area contributed by atoms with Gasteiger partial charge in [0.05, 0.1) is 4.90 Å². The van der Waals surface area contributed by atoms with Crippen LogP contribution in [0.3, 0.4) is 0 Å². The molecule has 124 valence electrons. The molecule has 0 bridgehead atoms. The molecular weight excluding hydrogens is 332 g/mol. The van der Waals surface area contributed by atoms with Crippen LogP contribution in [0.25, 0.3) is 21.9 Å². The van der Waals surface area contributed by atoms with E-state index < -0.39 is 0 Å². The van der Waals surface area contributed by atoms with Crippen LogP contribution in [0.1, 0.15) is 27.7 Å². The van der Waals surface area contributed by atoms with Gasteiger partial charge in [-0.05, 0) is 43.0 Å². The van der Waals surface area contributed by atoms with Gasteiger partial charge in [-0.2, -0.15) is 0 Å². The largest absolute Gasteiger partial charge is 0.461 e. The first-order chi connectivity index (χ1) is 12.1. The van der Waals surface area contributed by atoms with E-state index in [9.17, 15) is 4.79 Å². The van der Waals surface area contributed by atoms with E-state index in [0.717, 1.165) is 44.6 Å². The lowest BCUT2D eigenvalue weighted by molar-refractivity contribution is 0.539. The number of fused-ring (bicyclic) bond motifs is 4. The maximum atomic E-state index is 12.5. The zero-order valence-electron chi connectivity index (χ0n) is 14.0. The number of thioether (sulfide) groups is 1. The Hall–Kier alpha value is -2.46. The maximum Gasteiger partial charge on any atom is 0.350 e. The summed E-state index contributed by atoms with van der Waals surface area (Å²) >= 11 is 1.62. The lowest BCUT2D eigenvalue weighted by Crippen LogP contribution is -2.02. The molecule has 1 aliphatic rings. The Kier molecular flexibility index (Phi) is 3.13. The average molecular weight is 348 g/mol. The molecule has 4 heteroatoms. The summed E-state index contributed by atoms with van der Waals surface area (Å²) in [6.07, 6.45) is 0.841. The van der Waals surface area contributed by atoms with E-state index in [4.69, 9.17) is 8.83 Å². The second-order valence-corrected chi connectivity index (χ2v) is 7.76. The monoisotopic (exact) mass is 348 g/mol. The van der Waals surface area contributed by atoms with E-state index in [1.807, 2.05) is 31.2 Å². The van der Waals surface area contributed by atoms with Crippen LogP contribution in [0.5, 0.6) is 0 Å². The Morgan fingerprint density at radius 3 is 2.56 bits per heavy atom. The molecule has 2 aromatic heterocycles. The van der Waals surface area contributed by atoms with Crippen molar-refractivity contribution in [2.24, 2.45) is 0 Å². The van der Waals surface area contributed by atoms with E-state index in [2.05, 4.69) is 25.1 Å². The molecule has 1 unspecified atom stereocenters. The highest BCUT2D eigenvalue weighted by molar-refractivity contribution is 7.99. The van der Waals surface area contributed by atoms with E-state index in [1.165, 1.54) is 5.56 Å². The Labute approximate surface area is 148 Å².